The number of carbonyl (C=O) groups is 1. The number of nitrogens with one attached hydrogen (secondary N) is 1. The fraction of sp³-hybridized carbons (Fsp3) is 0.208. The largest absolute Gasteiger partial charge is 0.496 e. The lowest BCUT2D eigenvalue weighted by Gasteiger charge is -2.09. The fourth-order valence-electron chi connectivity index (χ4n) is 3.23. The number of halogens is 1. The molecule has 0 aliphatic heterocycles. The van der Waals surface area contributed by atoms with Crippen molar-refractivity contribution in [1.82, 2.24) is 24.9 Å². The maximum atomic E-state index is 13.0. The van der Waals surface area contributed by atoms with Gasteiger partial charge in [-0.1, -0.05) is 13.3 Å². The van der Waals surface area contributed by atoms with E-state index in [1.807, 2.05) is 4.57 Å². The Hall–Kier alpha value is -4.34. The molecule has 0 fully saturated rings. The molecule has 0 saturated heterocycles. The van der Waals surface area contributed by atoms with Gasteiger partial charge in [0.1, 0.15) is 23.6 Å². The number of fused-ring (bicyclic) bond motifs is 1. The number of amides is 1. The highest BCUT2D eigenvalue weighted by Gasteiger charge is 2.13. The van der Waals surface area contributed by atoms with Crippen LogP contribution in [-0.4, -0.2) is 38.8 Å². The minimum Gasteiger partial charge on any atom is -0.496 e. The number of rotatable bonds is 9. The molecule has 2 aromatic carbocycles. The summed E-state index contributed by atoms with van der Waals surface area (Å²) in [6, 6.07) is 10.3. The van der Waals surface area contributed by atoms with Crippen LogP contribution in [0.3, 0.4) is 0 Å². The van der Waals surface area contributed by atoms with E-state index in [0.717, 1.165) is 19.4 Å². The van der Waals surface area contributed by atoms with Gasteiger partial charge < -0.3 is 14.0 Å². The molecule has 174 valence electrons. The van der Waals surface area contributed by atoms with Crippen molar-refractivity contribution in [1.29, 1.82) is 0 Å². The number of hydrogen-bond acceptors (Lipinski definition) is 7. The summed E-state index contributed by atoms with van der Waals surface area (Å²) in [5.41, 5.74) is 4.60. The van der Waals surface area contributed by atoms with Crippen LogP contribution < -0.4 is 14.9 Å². The minimum absolute atomic E-state index is 0.294. The van der Waals surface area contributed by atoms with Gasteiger partial charge in [-0.25, -0.2) is 19.8 Å². The summed E-state index contributed by atoms with van der Waals surface area (Å²) in [5.74, 6) is 0.444. The van der Waals surface area contributed by atoms with E-state index in [0.29, 0.717) is 39.7 Å². The van der Waals surface area contributed by atoms with E-state index >= 15 is 0 Å². The van der Waals surface area contributed by atoms with E-state index in [2.05, 4.69) is 32.4 Å². The molecule has 2 aromatic heterocycles. The molecule has 2 heterocycles. The standard InChI is InChI=1S/C24H23FN6O3/c1-3-4-11-31-15-28-21-22(31)26-14-27-24(21)34-19-10-7-17(20(12-19)33-2)13-29-30-23(32)16-5-8-18(25)9-6-16/h5-10,12-15H,3-4,11H2,1-2H3,(H,30,32)/b29-13+. The van der Waals surface area contributed by atoms with E-state index in [1.165, 1.54) is 43.9 Å². The van der Waals surface area contributed by atoms with E-state index in [1.54, 1.807) is 24.5 Å². The Morgan fingerprint density at radius 1 is 1.18 bits per heavy atom. The van der Waals surface area contributed by atoms with Crippen molar-refractivity contribution in [2.75, 3.05) is 7.11 Å². The van der Waals surface area contributed by atoms with Gasteiger partial charge in [0.2, 0.25) is 0 Å². The van der Waals surface area contributed by atoms with Crippen molar-refractivity contribution in [3.8, 4) is 17.4 Å². The van der Waals surface area contributed by atoms with Crippen molar-refractivity contribution in [3.63, 3.8) is 0 Å². The van der Waals surface area contributed by atoms with Gasteiger partial charge in [-0.05, 0) is 42.8 Å². The molecule has 0 spiro atoms. The van der Waals surface area contributed by atoms with Gasteiger partial charge in [-0.2, -0.15) is 10.1 Å². The molecule has 1 N–H and O–H groups in total. The van der Waals surface area contributed by atoms with Crippen molar-refractivity contribution in [2.45, 2.75) is 26.3 Å². The Morgan fingerprint density at radius 2 is 2.00 bits per heavy atom. The number of unbranched alkanes of at least 4 members (excludes halogenated alkanes) is 1. The molecule has 0 aliphatic carbocycles. The van der Waals surface area contributed by atoms with E-state index in [4.69, 9.17) is 9.47 Å². The van der Waals surface area contributed by atoms with E-state index in [-0.39, 0.29) is 0 Å². The molecule has 0 saturated carbocycles. The quantitative estimate of drug-likeness (QED) is 0.293. The second kappa shape index (κ2) is 10.5. The zero-order valence-corrected chi connectivity index (χ0v) is 18.7. The Labute approximate surface area is 195 Å². The van der Waals surface area contributed by atoms with Crippen molar-refractivity contribution < 1.29 is 18.7 Å². The number of carbonyl (C=O) groups excluding carboxylic acids is 1. The molecule has 34 heavy (non-hydrogen) atoms. The monoisotopic (exact) mass is 462 g/mol. The number of ether oxygens (including phenoxy) is 2. The molecule has 0 unspecified atom stereocenters. The van der Waals surface area contributed by atoms with Crippen LogP contribution >= 0.6 is 0 Å². The number of aromatic nitrogens is 4. The van der Waals surface area contributed by atoms with Crippen molar-refractivity contribution in [2.24, 2.45) is 5.10 Å². The number of hydrazone groups is 1. The molecule has 4 aromatic rings. The number of nitrogens with zero attached hydrogens (tertiary/aromatic N) is 5. The van der Waals surface area contributed by atoms with E-state index in [9.17, 15) is 9.18 Å². The lowest BCUT2D eigenvalue weighted by Crippen LogP contribution is -2.17. The first-order valence-electron chi connectivity index (χ1n) is 10.7. The van der Waals surface area contributed by atoms with Gasteiger partial charge in [0.05, 0.1) is 19.7 Å². The summed E-state index contributed by atoms with van der Waals surface area (Å²) >= 11 is 0. The third-order valence-corrected chi connectivity index (χ3v) is 5.02. The lowest BCUT2D eigenvalue weighted by molar-refractivity contribution is 0.0955. The highest BCUT2D eigenvalue weighted by atomic mass is 19.1. The molecule has 4 rings (SSSR count). The Morgan fingerprint density at radius 3 is 2.76 bits per heavy atom. The van der Waals surface area contributed by atoms with Crippen molar-refractivity contribution >= 4 is 23.3 Å². The number of methoxy groups -OCH3 is 1. The predicted octanol–water partition coefficient (Wildman–Crippen LogP) is 4.33. The normalized spacial score (nSPS) is 11.1. The summed E-state index contributed by atoms with van der Waals surface area (Å²) in [6.07, 6.45) is 6.73. The third-order valence-electron chi connectivity index (χ3n) is 5.02. The molecular weight excluding hydrogens is 439 g/mol. The molecule has 0 bridgehead atoms. The van der Waals surface area contributed by atoms with Crippen LogP contribution in [0.1, 0.15) is 35.7 Å². The van der Waals surface area contributed by atoms with Gasteiger partial charge in [0.15, 0.2) is 11.2 Å². The fourth-order valence-corrected chi connectivity index (χ4v) is 3.23. The van der Waals surface area contributed by atoms with Gasteiger partial charge in [0.25, 0.3) is 11.8 Å². The summed E-state index contributed by atoms with van der Waals surface area (Å²) in [4.78, 5) is 25.1. The number of aryl methyl sites for hydroxylation is 1. The van der Waals surface area contributed by atoms with Crippen LogP contribution in [0.5, 0.6) is 17.4 Å². The summed E-state index contributed by atoms with van der Waals surface area (Å²) in [5, 5.41) is 3.96. The van der Waals surface area contributed by atoms with Gasteiger partial charge >= 0.3 is 0 Å². The molecule has 0 atom stereocenters. The Balaban J connectivity index is 1.48. The average molecular weight is 462 g/mol. The molecule has 9 nitrogen and oxygen atoms in total. The van der Waals surface area contributed by atoms with Crippen LogP contribution in [0.25, 0.3) is 11.2 Å². The van der Waals surface area contributed by atoms with Crippen LogP contribution in [0.2, 0.25) is 0 Å². The molecular formula is C24H23FN6O3. The average Bonchev–Trinajstić information content (AvgIpc) is 3.27. The van der Waals surface area contributed by atoms with Crippen LogP contribution in [0, 0.1) is 5.82 Å². The SMILES string of the molecule is CCCCn1cnc2c(Oc3ccc(/C=N/NC(=O)c4ccc(F)cc4)c(OC)c3)ncnc21. The summed E-state index contributed by atoms with van der Waals surface area (Å²) in [7, 11) is 1.52. The van der Waals surface area contributed by atoms with Crippen LogP contribution in [-0.2, 0) is 6.54 Å². The first kappa shape index (κ1) is 22.8. The summed E-state index contributed by atoms with van der Waals surface area (Å²) < 4.78 is 26.4. The Kier molecular flexibility index (Phi) is 7.07. The van der Waals surface area contributed by atoms with Gasteiger partial charge in [-0.3, -0.25) is 4.79 Å². The number of imidazole rings is 1. The van der Waals surface area contributed by atoms with E-state index < -0.39 is 11.7 Å². The molecule has 10 heteroatoms. The van der Waals surface area contributed by atoms with Crippen LogP contribution in [0.4, 0.5) is 4.39 Å². The molecule has 1 amide bonds. The lowest BCUT2D eigenvalue weighted by atomic mass is 10.2. The predicted molar refractivity (Wildman–Crippen MR) is 125 cm³/mol. The second-order valence-electron chi connectivity index (χ2n) is 7.35. The second-order valence-corrected chi connectivity index (χ2v) is 7.35. The number of hydrogen-bond donors (Lipinski definition) is 1. The summed E-state index contributed by atoms with van der Waals surface area (Å²) in [6.45, 7) is 2.95. The smallest absolute Gasteiger partial charge is 0.271 e. The topological polar surface area (TPSA) is 104 Å². The van der Waals surface area contributed by atoms with Crippen molar-refractivity contribution in [3.05, 3.63) is 72.1 Å². The first-order valence-corrected chi connectivity index (χ1v) is 10.7. The third kappa shape index (κ3) is 5.17. The van der Waals surface area contributed by atoms with Crippen LogP contribution in [0.15, 0.2) is 60.2 Å². The highest BCUT2D eigenvalue weighted by Crippen LogP contribution is 2.29. The zero-order chi connectivity index (χ0) is 23.9. The first-order chi connectivity index (χ1) is 16.6. The maximum Gasteiger partial charge on any atom is 0.271 e. The van der Waals surface area contributed by atoms with Gasteiger partial charge in [-0.15, -0.1) is 0 Å². The molecule has 0 radical (unpaired) electrons. The highest BCUT2D eigenvalue weighted by molar-refractivity contribution is 5.95. The minimum atomic E-state index is -0.457. The van der Waals surface area contributed by atoms with Gasteiger partial charge in [0, 0.05) is 23.7 Å². The number of benzene rings is 2. The molecule has 0 aliphatic rings. The maximum absolute atomic E-state index is 13.0. The Bertz CT molecular complexity index is 1320. The zero-order valence-electron chi connectivity index (χ0n) is 18.7.